The Balaban J connectivity index is 4.48. The number of allylic oxidation sites excluding steroid dienone is 4. The van der Waals surface area contributed by atoms with Crippen LogP contribution < -0.4 is 0 Å². The van der Waals surface area contributed by atoms with Crippen LogP contribution in [0.25, 0.3) is 0 Å². The second-order valence-corrected chi connectivity index (χ2v) is 4.34. The second kappa shape index (κ2) is 10.2. The number of aliphatic hydroxyl groups excluding tert-OH is 1. The molecule has 0 aliphatic heterocycles. The molecule has 0 saturated heterocycles. The molecule has 0 unspecified atom stereocenters. The van der Waals surface area contributed by atoms with Crippen LogP contribution in [-0.2, 0) is 0 Å². The Morgan fingerprint density at radius 3 is 2.37 bits per heavy atom. The van der Waals surface area contributed by atoms with Crippen LogP contribution in [0.3, 0.4) is 0 Å². The monoisotopic (exact) mass is 265 g/mol. The van der Waals surface area contributed by atoms with Crippen molar-refractivity contribution < 1.29 is 5.11 Å². The summed E-state index contributed by atoms with van der Waals surface area (Å²) in [7, 11) is 3.90. The molecular weight excluding hydrogens is 238 g/mol. The first kappa shape index (κ1) is 17.3. The van der Waals surface area contributed by atoms with Crippen LogP contribution in [0.5, 0.6) is 0 Å². The zero-order chi connectivity index (χ0) is 14.7. The molecule has 0 aromatic carbocycles. The smallest absolute Gasteiger partial charge is 0.115 e. The maximum Gasteiger partial charge on any atom is 0.115 e. The van der Waals surface area contributed by atoms with Crippen molar-refractivity contribution in [3.8, 4) is 0 Å². The van der Waals surface area contributed by atoms with Gasteiger partial charge in [-0.05, 0) is 38.5 Å². The Labute approximate surface area is 117 Å². The molecule has 0 aromatic heterocycles. The Kier molecular flexibility index (Phi) is 9.31. The molecular formula is C15H27N3O. The Bertz CT molecular complexity index is 356. The van der Waals surface area contributed by atoms with Crippen LogP contribution in [0.4, 0.5) is 0 Å². The number of likely N-dealkylation sites (N-methyl/N-ethyl adjacent to an activating group) is 1. The average molecular weight is 265 g/mol. The highest BCUT2D eigenvalue weighted by molar-refractivity contribution is 5.58. The fourth-order valence-electron chi connectivity index (χ4n) is 1.36. The quantitative estimate of drug-likeness (QED) is 0.240. The van der Waals surface area contributed by atoms with Gasteiger partial charge in [0.05, 0.1) is 0 Å². The molecule has 0 amide bonds. The van der Waals surface area contributed by atoms with Crippen LogP contribution in [0.2, 0.25) is 0 Å². The van der Waals surface area contributed by atoms with Crippen molar-refractivity contribution in [2.45, 2.75) is 33.6 Å². The Morgan fingerprint density at radius 2 is 1.84 bits per heavy atom. The molecule has 0 spiro atoms. The summed E-state index contributed by atoms with van der Waals surface area (Å²) in [5, 5.41) is 15.7. The van der Waals surface area contributed by atoms with Crippen LogP contribution in [0.15, 0.2) is 40.9 Å². The van der Waals surface area contributed by atoms with Crippen LogP contribution >= 0.6 is 0 Å². The zero-order valence-electron chi connectivity index (χ0n) is 12.8. The van der Waals surface area contributed by atoms with E-state index in [0.717, 1.165) is 18.7 Å². The van der Waals surface area contributed by atoms with Crippen LogP contribution in [0, 0.1) is 0 Å². The van der Waals surface area contributed by atoms with Crippen LogP contribution in [-0.4, -0.2) is 42.0 Å². The van der Waals surface area contributed by atoms with Crippen LogP contribution in [0.1, 0.15) is 33.6 Å². The van der Waals surface area contributed by atoms with Gasteiger partial charge in [0, 0.05) is 26.3 Å². The molecule has 0 aliphatic rings. The minimum Gasteiger partial charge on any atom is -0.508 e. The maximum absolute atomic E-state index is 9.39. The van der Waals surface area contributed by atoms with Gasteiger partial charge >= 0.3 is 0 Å². The Morgan fingerprint density at radius 1 is 1.16 bits per heavy atom. The van der Waals surface area contributed by atoms with Gasteiger partial charge < -0.3 is 10.0 Å². The molecule has 0 aromatic rings. The summed E-state index contributed by atoms with van der Waals surface area (Å²) in [5.41, 5.74) is 0.973. The van der Waals surface area contributed by atoms with E-state index in [1.165, 1.54) is 6.42 Å². The summed E-state index contributed by atoms with van der Waals surface area (Å²) >= 11 is 0. The Hall–Kier alpha value is -1.71. The highest BCUT2D eigenvalue weighted by atomic mass is 16.3. The van der Waals surface area contributed by atoms with E-state index in [0.29, 0.717) is 0 Å². The van der Waals surface area contributed by atoms with E-state index in [-0.39, 0.29) is 5.76 Å². The van der Waals surface area contributed by atoms with E-state index in [2.05, 4.69) is 12.0 Å². The molecule has 1 N–H and O–H groups in total. The minimum absolute atomic E-state index is 0.254. The van der Waals surface area contributed by atoms with Crippen molar-refractivity contribution in [3.63, 3.8) is 0 Å². The number of aliphatic hydroxyl groups is 1. The van der Waals surface area contributed by atoms with E-state index >= 15 is 0 Å². The van der Waals surface area contributed by atoms with Gasteiger partial charge in [-0.1, -0.05) is 19.4 Å². The van der Waals surface area contributed by atoms with Gasteiger partial charge in [-0.3, -0.25) is 5.01 Å². The highest BCUT2D eigenvalue weighted by Gasteiger charge is 1.98. The average Bonchev–Trinajstić information content (AvgIpc) is 2.42. The third-order valence-electron chi connectivity index (χ3n) is 2.68. The lowest BCUT2D eigenvalue weighted by Crippen LogP contribution is -2.19. The van der Waals surface area contributed by atoms with Gasteiger partial charge in [-0.2, -0.15) is 5.10 Å². The lowest BCUT2D eigenvalue weighted by Gasteiger charge is -2.17. The van der Waals surface area contributed by atoms with Gasteiger partial charge in [0.2, 0.25) is 0 Å². The van der Waals surface area contributed by atoms with Gasteiger partial charge in [-0.25, -0.2) is 0 Å². The fourth-order valence-corrected chi connectivity index (χ4v) is 1.36. The zero-order valence-corrected chi connectivity index (χ0v) is 12.8. The maximum atomic E-state index is 9.39. The predicted molar refractivity (Wildman–Crippen MR) is 83.1 cm³/mol. The second-order valence-electron chi connectivity index (χ2n) is 4.34. The molecule has 0 fully saturated rings. The molecule has 0 rings (SSSR count). The number of nitrogens with zero attached hydrogens (tertiary/aromatic N) is 3. The minimum atomic E-state index is 0.254. The predicted octanol–water partition coefficient (Wildman–Crippen LogP) is 3.52. The number of unbranched alkanes of at least 4 members (excludes halogenated alkanes) is 1. The molecule has 19 heavy (non-hydrogen) atoms. The van der Waals surface area contributed by atoms with E-state index < -0.39 is 0 Å². The molecule has 0 saturated carbocycles. The third-order valence-corrected chi connectivity index (χ3v) is 2.68. The summed E-state index contributed by atoms with van der Waals surface area (Å²) in [6.07, 6.45) is 11.2. The van der Waals surface area contributed by atoms with Gasteiger partial charge in [0.15, 0.2) is 0 Å². The standard InChI is InChI=1S/C15H27N3O/c1-6-9-12-18(5)16-13-17(4)14(7-2)10-11-15(19)8-3/h7-8,10-11,13,19H,6,9,12H2,1-5H3/b11-10-,14-7+,15-8+,16-13-. The van der Waals surface area contributed by atoms with Crippen molar-refractivity contribution in [1.82, 2.24) is 9.91 Å². The van der Waals surface area contributed by atoms with Crippen molar-refractivity contribution in [3.05, 3.63) is 35.8 Å². The van der Waals surface area contributed by atoms with E-state index in [9.17, 15) is 5.11 Å². The topological polar surface area (TPSA) is 39.1 Å². The van der Waals surface area contributed by atoms with Crippen molar-refractivity contribution in [2.24, 2.45) is 5.10 Å². The molecule has 4 heteroatoms. The lowest BCUT2D eigenvalue weighted by atomic mass is 10.3. The molecule has 0 atom stereocenters. The molecule has 0 heterocycles. The van der Waals surface area contributed by atoms with Crippen molar-refractivity contribution in [1.29, 1.82) is 0 Å². The summed E-state index contributed by atoms with van der Waals surface area (Å²) in [5.74, 6) is 0.254. The summed E-state index contributed by atoms with van der Waals surface area (Å²) in [6, 6.07) is 0. The molecule has 108 valence electrons. The fraction of sp³-hybridized carbons (Fsp3) is 0.533. The number of rotatable bonds is 8. The first-order chi connectivity index (χ1) is 9.04. The first-order valence-corrected chi connectivity index (χ1v) is 6.72. The highest BCUT2D eigenvalue weighted by Crippen LogP contribution is 2.04. The lowest BCUT2D eigenvalue weighted by molar-refractivity contribution is 0.344. The molecule has 4 nitrogen and oxygen atoms in total. The van der Waals surface area contributed by atoms with Crippen molar-refractivity contribution in [2.75, 3.05) is 20.6 Å². The summed E-state index contributed by atoms with van der Waals surface area (Å²) in [4.78, 5) is 1.92. The van der Waals surface area contributed by atoms with E-state index in [1.807, 2.05) is 43.1 Å². The largest absolute Gasteiger partial charge is 0.508 e. The molecule has 0 bridgehead atoms. The van der Waals surface area contributed by atoms with Gasteiger partial charge in [0.25, 0.3) is 0 Å². The van der Waals surface area contributed by atoms with Gasteiger partial charge in [0.1, 0.15) is 12.1 Å². The van der Waals surface area contributed by atoms with Gasteiger partial charge in [-0.15, -0.1) is 0 Å². The normalized spacial score (nSPS) is 13.5. The third kappa shape index (κ3) is 8.08. The van der Waals surface area contributed by atoms with Crippen molar-refractivity contribution >= 4 is 6.34 Å². The number of hydrogen-bond donors (Lipinski definition) is 1. The summed E-state index contributed by atoms with van der Waals surface area (Å²) in [6.45, 7) is 6.88. The molecule has 0 aliphatic carbocycles. The SMILES string of the molecule is C\C=C(O)/C=C\C(=C/C)N(C)/C=N\N(C)CCCC. The molecule has 0 radical (unpaired) electrons. The van der Waals surface area contributed by atoms with E-state index in [1.54, 1.807) is 25.4 Å². The first-order valence-electron chi connectivity index (χ1n) is 6.72. The summed E-state index contributed by atoms with van der Waals surface area (Å²) < 4.78 is 0. The number of hydrazone groups is 1. The number of hydrogen-bond acceptors (Lipinski definition) is 3. The van der Waals surface area contributed by atoms with E-state index in [4.69, 9.17) is 0 Å².